The largest absolute Gasteiger partial charge is 0.481 e. The summed E-state index contributed by atoms with van der Waals surface area (Å²) in [4.78, 5) is 76.2. The lowest BCUT2D eigenvalue weighted by atomic mass is 10.1. The molecule has 35 heavy (non-hydrogen) atoms. The number of hydrogen-bond acceptors (Lipinski definition) is 8. The average molecular weight is 501 g/mol. The molecule has 1 aliphatic rings. The fraction of sp³-hybridized carbons (Fsp3) is 0.632. The molecule has 1 saturated heterocycles. The minimum absolute atomic E-state index is 0.0348. The van der Waals surface area contributed by atoms with E-state index >= 15 is 0 Å². The van der Waals surface area contributed by atoms with E-state index in [1.807, 2.05) is 0 Å². The normalized spacial score (nSPS) is 17.5. The first kappa shape index (κ1) is 29.1. The van der Waals surface area contributed by atoms with Crippen molar-refractivity contribution in [2.75, 3.05) is 13.1 Å². The second kappa shape index (κ2) is 13.7. The zero-order valence-electron chi connectivity index (χ0n) is 18.9. The van der Waals surface area contributed by atoms with E-state index in [4.69, 9.17) is 27.4 Å². The lowest BCUT2D eigenvalue weighted by Gasteiger charge is -2.28. The van der Waals surface area contributed by atoms with Gasteiger partial charge in [-0.2, -0.15) is 0 Å². The molecule has 1 rings (SSSR count). The van der Waals surface area contributed by atoms with Gasteiger partial charge in [0.25, 0.3) is 0 Å². The lowest BCUT2D eigenvalue weighted by Crippen LogP contribution is -2.56. The van der Waals surface area contributed by atoms with Crippen LogP contribution in [0.3, 0.4) is 0 Å². The maximum atomic E-state index is 12.9. The molecular weight excluding hydrogens is 470 g/mol. The van der Waals surface area contributed by atoms with Crippen LogP contribution < -0.4 is 27.8 Å². The van der Waals surface area contributed by atoms with Crippen LogP contribution in [0.5, 0.6) is 0 Å². The number of rotatable bonds is 14. The molecule has 0 radical (unpaired) electrons. The number of aliphatic carboxylic acids is 3. The predicted octanol–water partition coefficient (Wildman–Crippen LogP) is -3.64. The molecule has 16 heteroatoms. The number of nitrogens with zero attached hydrogens (tertiary/aromatic N) is 2. The highest BCUT2D eigenvalue weighted by atomic mass is 16.4. The molecule has 0 aromatic rings. The fourth-order valence-electron chi connectivity index (χ4n) is 3.48. The summed E-state index contributed by atoms with van der Waals surface area (Å²) in [5.41, 5.74) is 16.1. The van der Waals surface area contributed by atoms with Gasteiger partial charge in [0.15, 0.2) is 5.96 Å². The van der Waals surface area contributed by atoms with Gasteiger partial charge < -0.3 is 48.1 Å². The maximum absolute atomic E-state index is 12.9. The Bertz CT molecular complexity index is 860. The van der Waals surface area contributed by atoms with Crippen molar-refractivity contribution in [1.82, 2.24) is 15.5 Å². The van der Waals surface area contributed by atoms with Crippen molar-refractivity contribution in [3.8, 4) is 0 Å². The molecule has 3 amide bonds. The molecule has 1 aliphatic heterocycles. The van der Waals surface area contributed by atoms with Gasteiger partial charge >= 0.3 is 17.9 Å². The van der Waals surface area contributed by atoms with Crippen molar-refractivity contribution in [3.63, 3.8) is 0 Å². The van der Waals surface area contributed by atoms with Crippen LogP contribution in [0.2, 0.25) is 0 Å². The number of likely N-dealkylation sites (tertiary alicyclic amines) is 1. The second-order valence-electron chi connectivity index (χ2n) is 7.90. The molecule has 0 aromatic carbocycles. The van der Waals surface area contributed by atoms with E-state index in [2.05, 4.69) is 15.6 Å². The monoisotopic (exact) mass is 501 g/mol. The van der Waals surface area contributed by atoms with E-state index in [9.17, 15) is 33.9 Å². The van der Waals surface area contributed by atoms with Crippen LogP contribution >= 0.6 is 0 Å². The van der Waals surface area contributed by atoms with Crippen molar-refractivity contribution < 1.29 is 44.1 Å². The predicted molar refractivity (Wildman–Crippen MR) is 119 cm³/mol. The summed E-state index contributed by atoms with van der Waals surface area (Å²) >= 11 is 0. The molecular formula is C19H31N7O9. The Morgan fingerprint density at radius 3 is 2.14 bits per heavy atom. The highest BCUT2D eigenvalue weighted by molar-refractivity contribution is 5.95. The van der Waals surface area contributed by atoms with Crippen molar-refractivity contribution in [1.29, 1.82) is 0 Å². The molecule has 1 heterocycles. The third kappa shape index (κ3) is 9.83. The number of nitrogens with one attached hydrogen (secondary N) is 2. The number of nitrogens with two attached hydrogens (primary N) is 3. The molecule has 1 fully saturated rings. The average Bonchev–Trinajstić information content (AvgIpc) is 3.23. The van der Waals surface area contributed by atoms with Gasteiger partial charge in [0.1, 0.15) is 18.1 Å². The van der Waals surface area contributed by atoms with Gasteiger partial charge in [-0.15, -0.1) is 0 Å². The van der Waals surface area contributed by atoms with Crippen LogP contribution in [0.25, 0.3) is 0 Å². The van der Waals surface area contributed by atoms with Gasteiger partial charge in [-0.25, -0.2) is 4.79 Å². The first-order valence-corrected chi connectivity index (χ1v) is 10.7. The number of carboxylic acid groups (broad SMARTS) is 3. The smallest absolute Gasteiger partial charge is 0.326 e. The summed E-state index contributed by atoms with van der Waals surface area (Å²) in [5, 5.41) is 31.4. The molecule has 16 nitrogen and oxygen atoms in total. The molecule has 0 aliphatic carbocycles. The van der Waals surface area contributed by atoms with Gasteiger partial charge in [-0.3, -0.25) is 29.0 Å². The van der Waals surface area contributed by atoms with Gasteiger partial charge in [0, 0.05) is 13.1 Å². The Morgan fingerprint density at radius 2 is 1.60 bits per heavy atom. The van der Waals surface area contributed by atoms with Gasteiger partial charge in [0.05, 0.1) is 18.9 Å². The Hall–Kier alpha value is -3.95. The van der Waals surface area contributed by atoms with E-state index in [1.165, 1.54) is 0 Å². The summed E-state index contributed by atoms with van der Waals surface area (Å²) < 4.78 is 0. The van der Waals surface area contributed by atoms with Crippen molar-refractivity contribution in [2.24, 2.45) is 22.2 Å². The number of guanidine groups is 1. The molecule has 0 saturated carbocycles. The topological polar surface area (TPSA) is 281 Å². The molecule has 0 bridgehead atoms. The standard InChI is InChI=1S/C19H31N7O9/c20-9(7-13(27)28)17(33)26-6-2-4-12(26)16(32)24-10(3-1-5-23-19(21)22)15(31)25-11(18(34)35)8-14(29)30/h9-12H,1-8,20H2,(H,24,32)(H,25,31)(H,27,28)(H,29,30)(H,34,35)(H4,21,22,23). The number of carbonyl (C=O) groups excluding carboxylic acids is 3. The molecule has 0 spiro atoms. The first-order chi connectivity index (χ1) is 16.3. The zero-order chi connectivity index (χ0) is 26.7. The number of aliphatic imine (C=N–C) groups is 1. The Kier molecular flexibility index (Phi) is 11.4. The highest BCUT2D eigenvalue weighted by Gasteiger charge is 2.38. The number of carboxylic acids is 3. The van der Waals surface area contributed by atoms with Crippen LogP contribution in [0.15, 0.2) is 4.99 Å². The quantitative estimate of drug-likeness (QED) is 0.0650. The van der Waals surface area contributed by atoms with Crippen molar-refractivity contribution in [3.05, 3.63) is 0 Å². The molecule has 4 atom stereocenters. The summed E-state index contributed by atoms with van der Waals surface area (Å²) in [6, 6.07) is -5.41. The van der Waals surface area contributed by atoms with E-state index in [0.29, 0.717) is 6.42 Å². The zero-order valence-corrected chi connectivity index (χ0v) is 18.9. The lowest BCUT2D eigenvalue weighted by molar-refractivity contribution is -0.147. The summed E-state index contributed by atoms with van der Waals surface area (Å²) in [7, 11) is 0. The maximum Gasteiger partial charge on any atom is 0.326 e. The van der Waals surface area contributed by atoms with Crippen LogP contribution in [0.4, 0.5) is 0 Å². The number of carbonyl (C=O) groups is 6. The Morgan fingerprint density at radius 1 is 0.971 bits per heavy atom. The Labute approximate surface area is 199 Å². The number of hydrogen-bond donors (Lipinski definition) is 8. The Balaban J connectivity index is 2.98. The second-order valence-corrected chi connectivity index (χ2v) is 7.90. The third-order valence-corrected chi connectivity index (χ3v) is 5.12. The first-order valence-electron chi connectivity index (χ1n) is 10.7. The van der Waals surface area contributed by atoms with Gasteiger partial charge in [-0.05, 0) is 25.7 Å². The fourth-order valence-corrected chi connectivity index (χ4v) is 3.48. The molecule has 4 unspecified atom stereocenters. The summed E-state index contributed by atoms with van der Waals surface area (Å²) in [6.45, 7) is 0.253. The number of amides is 3. The highest BCUT2D eigenvalue weighted by Crippen LogP contribution is 2.19. The molecule has 196 valence electrons. The summed E-state index contributed by atoms with van der Waals surface area (Å²) in [5.74, 6) is -6.92. The van der Waals surface area contributed by atoms with Gasteiger partial charge in [-0.1, -0.05) is 0 Å². The minimum atomic E-state index is -1.74. The van der Waals surface area contributed by atoms with Gasteiger partial charge in [0.2, 0.25) is 17.7 Å². The molecule has 0 aromatic heterocycles. The molecule has 11 N–H and O–H groups in total. The van der Waals surface area contributed by atoms with E-state index < -0.39 is 72.6 Å². The van der Waals surface area contributed by atoms with E-state index in [0.717, 1.165) is 4.90 Å². The van der Waals surface area contributed by atoms with E-state index in [1.54, 1.807) is 0 Å². The van der Waals surface area contributed by atoms with Crippen LogP contribution in [-0.4, -0.2) is 99.1 Å². The third-order valence-electron chi connectivity index (χ3n) is 5.12. The van der Waals surface area contributed by atoms with Crippen LogP contribution in [0.1, 0.15) is 38.5 Å². The van der Waals surface area contributed by atoms with Crippen molar-refractivity contribution >= 4 is 41.6 Å². The SMILES string of the molecule is NC(N)=NCCCC(NC(=O)C1CCCN1C(=O)C(N)CC(=O)O)C(=O)NC(CC(=O)O)C(=O)O. The van der Waals surface area contributed by atoms with Crippen molar-refractivity contribution in [2.45, 2.75) is 62.7 Å². The van der Waals surface area contributed by atoms with Crippen LogP contribution in [-0.2, 0) is 28.8 Å². The summed E-state index contributed by atoms with van der Waals surface area (Å²) in [6.07, 6.45) is -0.681. The van der Waals surface area contributed by atoms with Crippen LogP contribution in [0, 0.1) is 0 Å². The van der Waals surface area contributed by atoms with E-state index in [-0.39, 0.29) is 38.3 Å². The minimum Gasteiger partial charge on any atom is -0.481 e.